The van der Waals surface area contributed by atoms with Gasteiger partial charge in [-0.2, -0.15) is 5.10 Å². The number of benzene rings is 1. The van der Waals surface area contributed by atoms with Crippen molar-refractivity contribution in [2.24, 2.45) is 7.05 Å². The van der Waals surface area contributed by atoms with E-state index in [1.807, 2.05) is 62.5 Å². The number of aromatic nitrogens is 5. The lowest BCUT2D eigenvalue weighted by molar-refractivity contribution is 0.276. The van der Waals surface area contributed by atoms with Gasteiger partial charge in [-0.3, -0.25) is 9.67 Å². The summed E-state index contributed by atoms with van der Waals surface area (Å²) in [6.45, 7) is 1.86. The van der Waals surface area contributed by atoms with E-state index < -0.39 is 0 Å². The number of hydrogen-bond acceptors (Lipinski definition) is 6. The highest BCUT2D eigenvalue weighted by molar-refractivity contribution is 5.90. The average molecular weight is 360 g/mol. The Hall–Kier alpha value is -3.32. The molecule has 0 fully saturated rings. The predicted octanol–water partition coefficient (Wildman–Crippen LogP) is 2.88. The summed E-state index contributed by atoms with van der Waals surface area (Å²) in [5.41, 5.74) is 3.21. The number of rotatable bonds is 5. The highest BCUT2D eigenvalue weighted by atomic mass is 16.3. The van der Waals surface area contributed by atoms with Gasteiger partial charge in [0.2, 0.25) is 0 Å². The maximum atomic E-state index is 9.93. The molecule has 1 aromatic carbocycles. The molecule has 2 N–H and O–H groups in total. The number of aryl methyl sites for hydroxylation is 2. The second-order valence-corrected chi connectivity index (χ2v) is 6.31. The minimum atomic E-state index is -0.291. The lowest BCUT2D eigenvalue weighted by Gasteiger charge is -2.18. The fourth-order valence-corrected chi connectivity index (χ4v) is 3.14. The van der Waals surface area contributed by atoms with Gasteiger partial charge < -0.3 is 10.4 Å². The van der Waals surface area contributed by atoms with E-state index in [1.165, 1.54) is 0 Å². The van der Waals surface area contributed by atoms with Crippen molar-refractivity contribution < 1.29 is 5.11 Å². The normalized spacial score (nSPS) is 12.3. The fourth-order valence-electron chi connectivity index (χ4n) is 3.14. The highest BCUT2D eigenvalue weighted by Crippen LogP contribution is 2.29. The third kappa shape index (κ3) is 3.24. The van der Waals surface area contributed by atoms with Crippen molar-refractivity contribution >= 4 is 16.9 Å². The summed E-state index contributed by atoms with van der Waals surface area (Å²) in [5.74, 6) is 1.15. The topological polar surface area (TPSA) is 88.8 Å². The third-order valence-corrected chi connectivity index (χ3v) is 4.45. The summed E-state index contributed by atoms with van der Waals surface area (Å²) in [7, 11) is 1.86. The van der Waals surface area contributed by atoms with Gasteiger partial charge in [0.1, 0.15) is 11.5 Å². The van der Waals surface area contributed by atoms with E-state index in [2.05, 4.69) is 20.4 Å². The zero-order chi connectivity index (χ0) is 18.8. The van der Waals surface area contributed by atoms with Crippen molar-refractivity contribution in [2.45, 2.75) is 13.0 Å². The zero-order valence-corrected chi connectivity index (χ0v) is 15.2. The summed E-state index contributed by atoms with van der Waals surface area (Å²) in [5, 5.41) is 18.6. The Morgan fingerprint density at radius 2 is 1.85 bits per heavy atom. The molecule has 0 bridgehead atoms. The van der Waals surface area contributed by atoms with Crippen LogP contribution in [0.5, 0.6) is 0 Å². The van der Waals surface area contributed by atoms with E-state index in [0.29, 0.717) is 17.3 Å². The van der Waals surface area contributed by atoms with Gasteiger partial charge in [0, 0.05) is 13.2 Å². The van der Waals surface area contributed by atoms with Crippen molar-refractivity contribution in [3.63, 3.8) is 0 Å². The van der Waals surface area contributed by atoms with Crippen molar-refractivity contribution in [1.82, 2.24) is 24.7 Å². The lowest BCUT2D eigenvalue weighted by Crippen LogP contribution is -2.16. The maximum absolute atomic E-state index is 9.93. The molecule has 136 valence electrons. The molecular formula is C20H20N6O. The number of hydrogen-bond donors (Lipinski definition) is 2. The molecule has 0 aliphatic carbocycles. The molecule has 0 aliphatic heterocycles. The number of fused-ring (bicyclic) bond motifs is 1. The quantitative estimate of drug-likeness (QED) is 0.569. The lowest BCUT2D eigenvalue weighted by atomic mass is 10.1. The molecule has 0 unspecified atom stereocenters. The van der Waals surface area contributed by atoms with Crippen LogP contribution in [0.15, 0.2) is 54.7 Å². The van der Waals surface area contributed by atoms with Crippen LogP contribution in [-0.4, -0.2) is 36.4 Å². The molecule has 0 spiro atoms. The summed E-state index contributed by atoms with van der Waals surface area (Å²) in [6, 6.07) is 15.1. The van der Waals surface area contributed by atoms with E-state index in [4.69, 9.17) is 4.98 Å². The molecule has 0 saturated carbocycles. The van der Waals surface area contributed by atoms with Gasteiger partial charge in [-0.1, -0.05) is 36.4 Å². The van der Waals surface area contributed by atoms with Gasteiger partial charge in [-0.15, -0.1) is 0 Å². The first kappa shape index (κ1) is 17.1. The zero-order valence-electron chi connectivity index (χ0n) is 15.2. The number of nitrogens with one attached hydrogen (secondary N) is 1. The van der Waals surface area contributed by atoms with Crippen LogP contribution in [0, 0.1) is 6.92 Å². The van der Waals surface area contributed by atoms with E-state index in [-0.39, 0.29) is 12.6 Å². The van der Waals surface area contributed by atoms with Gasteiger partial charge >= 0.3 is 0 Å². The van der Waals surface area contributed by atoms with Crippen molar-refractivity contribution in [3.05, 3.63) is 66.0 Å². The Bertz CT molecular complexity index is 1060. The van der Waals surface area contributed by atoms with Crippen LogP contribution in [0.25, 0.3) is 22.6 Å². The summed E-state index contributed by atoms with van der Waals surface area (Å²) in [4.78, 5) is 13.7. The first-order chi connectivity index (χ1) is 13.2. The largest absolute Gasteiger partial charge is 0.394 e. The van der Waals surface area contributed by atoms with Crippen LogP contribution in [0.2, 0.25) is 0 Å². The Morgan fingerprint density at radius 3 is 2.56 bits per heavy atom. The summed E-state index contributed by atoms with van der Waals surface area (Å²) in [6.07, 6.45) is 1.71. The van der Waals surface area contributed by atoms with Gasteiger partial charge in [0.05, 0.1) is 23.7 Å². The molecule has 27 heavy (non-hydrogen) atoms. The second kappa shape index (κ2) is 7.13. The molecule has 1 atom stereocenters. The third-order valence-electron chi connectivity index (χ3n) is 4.45. The van der Waals surface area contributed by atoms with E-state index >= 15 is 0 Å². The summed E-state index contributed by atoms with van der Waals surface area (Å²) >= 11 is 0. The van der Waals surface area contributed by atoms with Crippen LogP contribution >= 0.6 is 0 Å². The maximum Gasteiger partial charge on any atom is 0.182 e. The molecular weight excluding hydrogens is 340 g/mol. The van der Waals surface area contributed by atoms with Crippen LogP contribution < -0.4 is 5.32 Å². The number of aliphatic hydroxyl groups is 1. The Balaban J connectivity index is 1.85. The first-order valence-corrected chi connectivity index (χ1v) is 8.72. The first-order valence-electron chi connectivity index (χ1n) is 8.72. The van der Waals surface area contributed by atoms with E-state index in [0.717, 1.165) is 22.3 Å². The number of aliphatic hydroxyl groups excluding tert-OH is 1. The van der Waals surface area contributed by atoms with Crippen LogP contribution in [0.3, 0.4) is 0 Å². The molecule has 7 nitrogen and oxygen atoms in total. The number of anilines is 1. The van der Waals surface area contributed by atoms with Gasteiger partial charge in [0.25, 0.3) is 0 Å². The van der Waals surface area contributed by atoms with Crippen molar-refractivity contribution in [1.29, 1.82) is 0 Å². The predicted molar refractivity (Wildman–Crippen MR) is 104 cm³/mol. The minimum Gasteiger partial charge on any atom is -0.394 e. The molecule has 3 heterocycles. The van der Waals surface area contributed by atoms with Gasteiger partial charge in [-0.25, -0.2) is 9.97 Å². The molecule has 0 radical (unpaired) electrons. The average Bonchev–Trinajstić information content (AvgIpc) is 3.01. The fraction of sp³-hybridized carbons (Fsp3) is 0.200. The van der Waals surface area contributed by atoms with Crippen molar-refractivity contribution in [2.75, 3.05) is 11.9 Å². The smallest absolute Gasteiger partial charge is 0.182 e. The van der Waals surface area contributed by atoms with E-state index in [9.17, 15) is 5.11 Å². The molecule has 0 aliphatic rings. The SMILES string of the molecule is Cc1nn(C)c2nc(-c3ccccn3)nc(N[C@H](CO)c3ccccc3)c12. The number of nitrogens with zero attached hydrogens (tertiary/aromatic N) is 5. The summed E-state index contributed by atoms with van der Waals surface area (Å²) < 4.78 is 1.74. The molecule has 4 rings (SSSR count). The molecule has 4 aromatic rings. The molecule has 0 amide bonds. The van der Waals surface area contributed by atoms with E-state index in [1.54, 1.807) is 10.9 Å². The Kier molecular flexibility index (Phi) is 4.52. The van der Waals surface area contributed by atoms with Gasteiger partial charge in [0.15, 0.2) is 11.5 Å². The number of pyridine rings is 1. The van der Waals surface area contributed by atoms with Gasteiger partial charge in [-0.05, 0) is 24.6 Å². The minimum absolute atomic E-state index is 0.0618. The standard InChI is InChI=1S/C20H20N6O/c1-13-17-19(22-16(12-27)14-8-4-3-5-9-14)23-18(15-10-6-7-11-21-15)24-20(17)26(2)25-13/h3-11,16,27H,12H2,1-2H3,(H,22,23,24)/t16-/m1/s1. The molecule has 7 heteroatoms. The monoisotopic (exact) mass is 360 g/mol. The second-order valence-electron chi connectivity index (χ2n) is 6.31. The Labute approximate surface area is 156 Å². The van der Waals surface area contributed by atoms with Crippen LogP contribution in [0.4, 0.5) is 5.82 Å². The highest BCUT2D eigenvalue weighted by Gasteiger charge is 2.19. The molecule has 3 aromatic heterocycles. The molecule has 0 saturated heterocycles. The van der Waals surface area contributed by atoms with Crippen LogP contribution in [-0.2, 0) is 7.05 Å². The Morgan fingerprint density at radius 1 is 1.07 bits per heavy atom. The van der Waals surface area contributed by atoms with Crippen molar-refractivity contribution in [3.8, 4) is 11.5 Å². The van der Waals surface area contributed by atoms with Crippen LogP contribution in [0.1, 0.15) is 17.3 Å².